The fourth-order valence-electron chi connectivity index (χ4n) is 2.30. The maximum Gasteiger partial charge on any atom is 0.152 e. The molecule has 0 atom stereocenters. The van der Waals surface area contributed by atoms with Crippen LogP contribution in [0.1, 0.15) is 0 Å². The van der Waals surface area contributed by atoms with Gasteiger partial charge >= 0.3 is 0 Å². The highest BCUT2D eigenvalue weighted by molar-refractivity contribution is 9.10. The lowest BCUT2D eigenvalue weighted by Crippen LogP contribution is -1.81. The molecule has 2 aromatic heterocycles. The Labute approximate surface area is 164 Å². The monoisotopic (exact) mass is 476 g/mol. The maximum atomic E-state index is 4.75. The number of thiazole rings is 2. The van der Waals surface area contributed by atoms with Crippen molar-refractivity contribution >= 4 is 54.5 Å². The summed E-state index contributed by atoms with van der Waals surface area (Å²) in [4.78, 5) is 9.51. The summed E-state index contributed by atoms with van der Waals surface area (Å²) in [5.41, 5.74) is 4.18. The zero-order chi connectivity index (χ0) is 16.5. The van der Waals surface area contributed by atoms with E-state index in [0.717, 1.165) is 41.5 Å². The van der Waals surface area contributed by atoms with E-state index in [1.54, 1.807) is 22.7 Å². The second-order valence-corrected chi connectivity index (χ2v) is 8.64. The quantitative estimate of drug-likeness (QED) is 0.313. The minimum atomic E-state index is 0.955. The van der Waals surface area contributed by atoms with Gasteiger partial charge in [-0.25, -0.2) is 9.97 Å². The van der Waals surface area contributed by atoms with E-state index in [2.05, 4.69) is 66.9 Å². The maximum absolute atomic E-state index is 4.75. The van der Waals surface area contributed by atoms with Gasteiger partial charge in [0, 0.05) is 30.8 Å². The Morgan fingerprint density at radius 1 is 0.667 bits per heavy atom. The van der Waals surface area contributed by atoms with Crippen molar-refractivity contribution in [2.24, 2.45) is 0 Å². The molecular formula is C18H10Br2N2S2. The van der Waals surface area contributed by atoms with Gasteiger partial charge < -0.3 is 0 Å². The molecule has 0 amide bonds. The van der Waals surface area contributed by atoms with Crippen molar-refractivity contribution in [3.05, 3.63) is 68.2 Å². The Morgan fingerprint density at radius 3 is 1.54 bits per heavy atom. The lowest BCUT2D eigenvalue weighted by Gasteiger charge is -1.97. The fraction of sp³-hybridized carbons (Fsp3) is 0. The number of benzene rings is 2. The third-order valence-corrected chi connectivity index (χ3v) is 6.25. The molecule has 0 aliphatic heterocycles. The van der Waals surface area contributed by atoms with Crippen LogP contribution in [0.4, 0.5) is 0 Å². The molecule has 0 saturated carbocycles. The fourth-order valence-corrected chi connectivity index (χ4v) is 4.81. The molecule has 118 valence electrons. The van der Waals surface area contributed by atoms with Gasteiger partial charge in [-0.3, -0.25) is 0 Å². The van der Waals surface area contributed by atoms with E-state index < -0.39 is 0 Å². The molecule has 0 spiro atoms. The molecule has 24 heavy (non-hydrogen) atoms. The highest BCUT2D eigenvalue weighted by Crippen LogP contribution is 2.34. The summed E-state index contributed by atoms with van der Waals surface area (Å²) in [5, 5.41) is 6.07. The first-order valence-corrected chi connectivity index (χ1v) is 10.5. The Bertz CT molecular complexity index is 926. The number of aromatic nitrogens is 2. The van der Waals surface area contributed by atoms with Crippen molar-refractivity contribution in [3.8, 4) is 32.5 Å². The summed E-state index contributed by atoms with van der Waals surface area (Å²) in [6, 6.07) is 16.4. The summed E-state index contributed by atoms with van der Waals surface area (Å²) in [5.74, 6) is 0. The van der Waals surface area contributed by atoms with Crippen LogP contribution >= 0.6 is 54.5 Å². The lowest BCUT2D eigenvalue weighted by atomic mass is 10.2. The third kappa shape index (κ3) is 3.37. The molecule has 0 fully saturated rings. The van der Waals surface area contributed by atoms with E-state index in [9.17, 15) is 0 Å². The van der Waals surface area contributed by atoms with Gasteiger partial charge in [-0.1, -0.05) is 56.1 Å². The molecule has 2 heterocycles. The molecule has 6 heteroatoms. The zero-order valence-electron chi connectivity index (χ0n) is 12.2. The molecule has 2 nitrogen and oxygen atoms in total. The van der Waals surface area contributed by atoms with Gasteiger partial charge in [0.05, 0.1) is 11.4 Å². The molecule has 0 aliphatic rings. The minimum absolute atomic E-state index is 0.955. The van der Waals surface area contributed by atoms with E-state index in [0.29, 0.717) is 0 Å². The van der Waals surface area contributed by atoms with E-state index >= 15 is 0 Å². The van der Waals surface area contributed by atoms with Gasteiger partial charge in [-0.2, -0.15) is 0 Å². The second kappa shape index (κ2) is 6.88. The smallest absolute Gasteiger partial charge is 0.152 e. The Balaban J connectivity index is 1.66. The van der Waals surface area contributed by atoms with Crippen LogP contribution in [0.2, 0.25) is 0 Å². The normalized spacial score (nSPS) is 10.9. The van der Waals surface area contributed by atoms with Crippen molar-refractivity contribution in [1.29, 1.82) is 0 Å². The zero-order valence-corrected chi connectivity index (χ0v) is 17.0. The number of nitrogens with zero attached hydrogens (tertiary/aromatic N) is 2. The largest absolute Gasteiger partial charge is 0.233 e. The average Bonchev–Trinajstić information content (AvgIpc) is 3.24. The molecule has 0 N–H and O–H groups in total. The van der Waals surface area contributed by atoms with Crippen molar-refractivity contribution in [2.75, 3.05) is 0 Å². The Hall–Kier alpha value is -1.34. The highest BCUT2D eigenvalue weighted by atomic mass is 79.9. The second-order valence-electron chi connectivity index (χ2n) is 5.10. The van der Waals surface area contributed by atoms with Crippen LogP contribution in [0, 0.1) is 0 Å². The van der Waals surface area contributed by atoms with Crippen molar-refractivity contribution in [3.63, 3.8) is 0 Å². The van der Waals surface area contributed by atoms with Gasteiger partial charge in [-0.15, -0.1) is 22.7 Å². The van der Waals surface area contributed by atoms with Crippen LogP contribution in [-0.4, -0.2) is 9.97 Å². The summed E-state index contributed by atoms with van der Waals surface area (Å²) in [7, 11) is 0. The average molecular weight is 478 g/mol. The van der Waals surface area contributed by atoms with Crippen LogP contribution < -0.4 is 0 Å². The summed E-state index contributed by atoms with van der Waals surface area (Å²) >= 11 is 10.3. The standard InChI is InChI=1S/C18H10Br2N2S2/c19-13-5-1-3-11(7-13)15-9-23-17(21-15)18-22-16(10-24-18)12-4-2-6-14(20)8-12/h1-10H. The van der Waals surface area contributed by atoms with E-state index in [4.69, 9.17) is 9.97 Å². The van der Waals surface area contributed by atoms with Gasteiger partial charge in [0.25, 0.3) is 0 Å². The van der Waals surface area contributed by atoms with Gasteiger partial charge in [0.2, 0.25) is 0 Å². The third-order valence-electron chi connectivity index (χ3n) is 3.43. The lowest BCUT2D eigenvalue weighted by molar-refractivity contribution is 1.35. The molecule has 0 bridgehead atoms. The van der Waals surface area contributed by atoms with E-state index in [1.165, 1.54) is 0 Å². The Morgan fingerprint density at radius 2 is 1.12 bits per heavy atom. The van der Waals surface area contributed by atoms with Crippen LogP contribution in [0.3, 0.4) is 0 Å². The first kappa shape index (κ1) is 16.1. The molecule has 4 aromatic rings. The number of hydrogen-bond donors (Lipinski definition) is 0. The predicted molar refractivity (Wildman–Crippen MR) is 109 cm³/mol. The summed E-state index contributed by atoms with van der Waals surface area (Å²) in [6.45, 7) is 0. The summed E-state index contributed by atoms with van der Waals surface area (Å²) in [6.07, 6.45) is 0. The van der Waals surface area contributed by atoms with Crippen molar-refractivity contribution < 1.29 is 0 Å². The van der Waals surface area contributed by atoms with Crippen molar-refractivity contribution in [2.45, 2.75) is 0 Å². The molecule has 0 unspecified atom stereocenters. The molecule has 4 rings (SSSR count). The van der Waals surface area contributed by atoms with Crippen LogP contribution in [0.15, 0.2) is 68.2 Å². The highest BCUT2D eigenvalue weighted by Gasteiger charge is 2.12. The topological polar surface area (TPSA) is 25.8 Å². The first-order chi connectivity index (χ1) is 11.7. The number of halogens is 2. The van der Waals surface area contributed by atoms with E-state index in [1.807, 2.05) is 24.3 Å². The molecule has 0 radical (unpaired) electrons. The molecular weight excluding hydrogens is 468 g/mol. The van der Waals surface area contributed by atoms with Gasteiger partial charge in [-0.05, 0) is 24.3 Å². The molecule has 0 aliphatic carbocycles. The van der Waals surface area contributed by atoms with Crippen LogP contribution in [-0.2, 0) is 0 Å². The van der Waals surface area contributed by atoms with Gasteiger partial charge in [0.1, 0.15) is 0 Å². The molecule has 0 saturated heterocycles. The van der Waals surface area contributed by atoms with Crippen LogP contribution in [0.25, 0.3) is 32.5 Å². The van der Waals surface area contributed by atoms with E-state index in [-0.39, 0.29) is 0 Å². The van der Waals surface area contributed by atoms with Crippen LogP contribution in [0.5, 0.6) is 0 Å². The van der Waals surface area contributed by atoms with Gasteiger partial charge in [0.15, 0.2) is 10.0 Å². The van der Waals surface area contributed by atoms with Crippen molar-refractivity contribution in [1.82, 2.24) is 9.97 Å². The predicted octanol–water partition coefficient (Wildman–Crippen LogP) is 7.13. The summed E-state index contributed by atoms with van der Waals surface area (Å²) < 4.78 is 2.11. The number of hydrogen-bond acceptors (Lipinski definition) is 4. The first-order valence-electron chi connectivity index (χ1n) is 7.12. The Kier molecular flexibility index (Phi) is 4.63. The SMILES string of the molecule is Brc1cccc(-c2csc(-c3nc(-c4cccc(Br)c4)cs3)n2)c1. The molecule has 2 aromatic carbocycles. The minimum Gasteiger partial charge on any atom is -0.233 e. The number of rotatable bonds is 3.